The Kier molecular flexibility index (Phi) is 5.77. The standard InChI is InChI=1S/C17H27NS/c1-4-18-11-14(9-13(2)3)10-15-12-19-17-8-6-5-7-16(15)17/h5-8,13-15,18H,4,9-12H2,1-3H3. The summed E-state index contributed by atoms with van der Waals surface area (Å²) in [6.07, 6.45) is 2.69. The van der Waals surface area contributed by atoms with Gasteiger partial charge in [0.1, 0.15) is 0 Å². The van der Waals surface area contributed by atoms with Gasteiger partial charge >= 0.3 is 0 Å². The summed E-state index contributed by atoms with van der Waals surface area (Å²) in [5.74, 6) is 3.66. The van der Waals surface area contributed by atoms with E-state index in [2.05, 4.69) is 50.4 Å². The fraction of sp³-hybridized carbons (Fsp3) is 0.647. The molecule has 1 aliphatic rings. The smallest absolute Gasteiger partial charge is 0.0107 e. The summed E-state index contributed by atoms with van der Waals surface area (Å²) in [6.45, 7) is 9.16. The quantitative estimate of drug-likeness (QED) is 0.785. The average molecular weight is 277 g/mol. The summed E-state index contributed by atoms with van der Waals surface area (Å²) in [4.78, 5) is 1.51. The summed E-state index contributed by atoms with van der Waals surface area (Å²) < 4.78 is 0. The first-order chi connectivity index (χ1) is 9.20. The molecule has 106 valence electrons. The lowest BCUT2D eigenvalue weighted by Crippen LogP contribution is -2.25. The van der Waals surface area contributed by atoms with E-state index in [1.54, 1.807) is 5.56 Å². The monoisotopic (exact) mass is 277 g/mol. The molecule has 0 radical (unpaired) electrons. The largest absolute Gasteiger partial charge is 0.317 e. The zero-order valence-corrected chi connectivity index (χ0v) is 13.3. The van der Waals surface area contributed by atoms with Crippen LogP contribution in [-0.2, 0) is 0 Å². The van der Waals surface area contributed by atoms with Gasteiger partial charge in [-0.05, 0) is 55.3 Å². The highest BCUT2D eigenvalue weighted by molar-refractivity contribution is 7.99. The highest BCUT2D eigenvalue weighted by Gasteiger charge is 2.25. The molecule has 0 saturated carbocycles. The van der Waals surface area contributed by atoms with Crippen molar-refractivity contribution in [1.82, 2.24) is 5.32 Å². The molecule has 0 spiro atoms. The number of nitrogens with one attached hydrogen (secondary N) is 1. The van der Waals surface area contributed by atoms with E-state index >= 15 is 0 Å². The summed E-state index contributed by atoms with van der Waals surface area (Å²) in [6, 6.07) is 8.97. The van der Waals surface area contributed by atoms with E-state index in [4.69, 9.17) is 0 Å². The molecule has 0 fully saturated rings. The summed E-state index contributed by atoms with van der Waals surface area (Å²) in [5, 5.41) is 3.54. The Labute approximate surface area is 122 Å². The Balaban J connectivity index is 1.97. The van der Waals surface area contributed by atoms with Gasteiger partial charge < -0.3 is 5.32 Å². The summed E-state index contributed by atoms with van der Waals surface area (Å²) in [7, 11) is 0. The molecule has 1 heterocycles. The third-order valence-electron chi connectivity index (χ3n) is 3.90. The van der Waals surface area contributed by atoms with Gasteiger partial charge in [-0.15, -0.1) is 11.8 Å². The normalized spacial score (nSPS) is 19.7. The van der Waals surface area contributed by atoms with Crippen LogP contribution in [0.15, 0.2) is 29.2 Å². The van der Waals surface area contributed by atoms with Gasteiger partial charge in [0.15, 0.2) is 0 Å². The lowest BCUT2D eigenvalue weighted by Gasteiger charge is -2.23. The van der Waals surface area contributed by atoms with Crippen LogP contribution in [0.1, 0.15) is 45.1 Å². The number of benzene rings is 1. The molecule has 1 nitrogen and oxygen atoms in total. The maximum atomic E-state index is 3.54. The van der Waals surface area contributed by atoms with Crippen molar-refractivity contribution in [2.45, 2.75) is 44.4 Å². The Morgan fingerprint density at radius 2 is 2.11 bits per heavy atom. The second-order valence-electron chi connectivity index (χ2n) is 6.08. The predicted octanol–water partition coefficient (Wildman–Crippen LogP) is 4.54. The van der Waals surface area contributed by atoms with Gasteiger partial charge in [0.2, 0.25) is 0 Å². The Morgan fingerprint density at radius 3 is 2.84 bits per heavy atom. The zero-order chi connectivity index (χ0) is 13.7. The lowest BCUT2D eigenvalue weighted by atomic mass is 9.85. The second kappa shape index (κ2) is 7.35. The van der Waals surface area contributed by atoms with E-state index in [0.717, 1.165) is 24.3 Å². The first-order valence-electron chi connectivity index (χ1n) is 7.63. The first kappa shape index (κ1) is 14.9. The van der Waals surface area contributed by atoms with E-state index in [0.29, 0.717) is 0 Å². The van der Waals surface area contributed by atoms with Crippen molar-refractivity contribution in [3.8, 4) is 0 Å². The molecule has 2 atom stereocenters. The van der Waals surface area contributed by atoms with Crippen LogP contribution in [0, 0.1) is 11.8 Å². The molecule has 2 heteroatoms. The van der Waals surface area contributed by atoms with Crippen LogP contribution >= 0.6 is 11.8 Å². The second-order valence-corrected chi connectivity index (χ2v) is 7.15. The molecule has 0 amide bonds. The molecule has 2 unspecified atom stereocenters. The van der Waals surface area contributed by atoms with Gasteiger partial charge in [-0.3, -0.25) is 0 Å². The van der Waals surface area contributed by atoms with Crippen LogP contribution in [0.4, 0.5) is 0 Å². The molecule has 0 aromatic heterocycles. The van der Waals surface area contributed by atoms with Gasteiger partial charge in [-0.2, -0.15) is 0 Å². The first-order valence-corrected chi connectivity index (χ1v) is 8.61. The molecule has 0 aliphatic carbocycles. The topological polar surface area (TPSA) is 12.0 Å². The maximum Gasteiger partial charge on any atom is 0.0107 e. The van der Waals surface area contributed by atoms with Crippen molar-refractivity contribution in [2.75, 3.05) is 18.8 Å². The van der Waals surface area contributed by atoms with Gasteiger partial charge in [0, 0.05) is 10.6 Å². The molecular formula is C17H27NS. The molecule has 1 aromatic carbocycles. The van der Waals surface area contributed by atoms with Crippen LogP contribution in [0.25, 0.3) is 0 Å². The van der Waals surface area contributed by atoms with Crippen molar-refractivity contribution >= 4 is 11.8 Å². The van der Waals surface area contributed by atoms with Gasteiger partial charge in [-0.25, -0.2) is 0 Å². The van der Waals surface area contributed by atoms with Gasteiger partial charge in [0.05, 0.1) is 0 Å². The Hall–Kier alpha value is -0.470. The molecule has 1 aliphatic heterocycles. The fourth-order valence-electron chi connectivity index (χ4n) is 3.10. The van der Waals surface area contributed by atoms with Crippen LogP contribution in [0.3, 0.4) is 0 Å². The zero-order valence-electron chi connectivity index (χ0n) is 12.5. The van der Waals surface area contributed by atoms with Crippen LogP contribution in [0.2, 0.25) is 0 Å². The van der Waals surface area contributed by atoms with Crippen molar-refractivity contribution in [2.24, 2.45) is 11.8 Å². The molecule has 1 N–H and O–H groups in total. The van der Waals surface area contributed by atoms with E-state index in [-0.39, 0.29) is 0 Å². The third-order valence-corrected chi connectivity index (χ3v) is 5.16. The van der Waals surface area contributed by atoms with Crippen molar-refractivity contribution < 1.29 is 0 Å². The molecule has 0 saturated heterocycles. The van der Waals surface area contributed by atoms with Crippen LogP contribution in [0.5, 0.6) is 0 Å². The molecule has 0 bridgehead atoms. The molecule has 19 heavy (non-hydrogen) atoms. The van der Waals surface area contributed by atoms with Crippen molar-refractivity contribution in [3.63, 3.8) is 0 Å². The lowest BCUT2D eigenvalue weighted by molar-refractivity contribution is 0.352. The summed E-state index contributed by atoms with van der Waals surface area (Å²) in [5.41, 5.74) is 1.60. The van der Waals surface area contributed by atoms with E-state index < -0.39 is 0 Å². The SMILES string of the molecule is CCNCC(CC(C)C)CC1CSc2ccccc21. The summed E-state index contributed by atoms with van der Waals surface area (Å²) >= 11 is 2.04. The number of hydrogen-bond donors (Lipinski definition) is 1. The van der Waals surface area contributed by atoms with Gasteiger partial charge in [0.25, 0.3) is 0 Å². The third kappa shape index (κ3) is 4.25. The Morgan fingerprint density at radius 1 is 1.32 bits per heavy atom. The fourth-order valence-corrected chi connectivity index (χ4v) is 4.38. The van der Waals surface area contributed by atoms with Crippen LogP contribution < -0.4 is 5.32 Å². The highest BCUT2D eigenvalue weighted by atomic mass is 32.2. The number of rotatable bonds is 7. The highest BCUT2D eigenvalue weighted by Crippen LogP contribution is 2.42. The number of hydrogen-bond acceptors (Lipinski definition) is 2. The van der Waals surface area contributed by atoms with Crippen molar-refractivity contribution in [3.05, 3.63) is 29.8 Å². The minimum Gasteiger partial charge on any atom is -0.317 e. The average Bonchev–Trinajstić information content (AvgIpc) is 2.79. The van der Waals surface area contributed by atoms with E-state index in [1.165, 1.54) is 30.0 Å². The number of fused-ring (bicyclic) bond motifs is 1. The van der Waals surface area contributed by atoms with Gasteiger partial charge in [-0.1, -0.05) is 39.0 Å². The molecule has 1 aromatic rings. The minimum absolute atomic E-state index is 0.767. The predicted molar refractivity (Wildman–Crippen MR) is 86.0 cm³/mol. The van der Waals surface area contributed by atoms with E-state index in [1.807, 2.05) is 11.8 Å². The number of thioether (sulfide) groups is 1. The minimum atomic E-state index is 0.767. The van der Waals surface area contributed by atoms with Crippen molar-refractivity contribution in [1.29, 1.82) is 0 Å². The molecule has 2 rings (SSSR count). The maximum absolute atomic E-state index is 3.54. The van der Waals surface area contributed by atoms with E-state index in [9.17, 15) is 0 Å². The van der Waals surface area contributed by atoms with Crippen LogP contribution in [-0.4, -0.2) is 18.8 Å². The Bertz CT molecular complexity index is 389. The molecular weight excluding hydrogens is 250 g/mol.